The predicted octanol–water partition coefficient (Wildman–Crippen LogP) is 2.76. The van der Waals surface area contributed by atoms with Gasteiger partial charge in [0, 0.05) is 31.3 Å². The lowest BCUT2D eigenvalue weighted by atomic mass is 10.00. The van der Waals surface area contributed by atoms with Crippen LogP contribution in [0, 0.1) is 5.82 Å². The van der Waals surface area contributed by atoms with E-state index in [1.54, 1.807) is 24.5 Å². The van der Waals surface area contributed by atoms with Crippen molar-refractivity contribution in [1.29, 1.82) is 0 Å². The van der Waals surface area contributed by atoms with Gasteiger partial charge in [-0.2, -0.15) is 0 Å². The highest BCUT2D eigenvalue weighted by Gasteiger charge is 2.17. The number of carbonyl (C=O) groups is 1. The van der Waals surface area contributed by atoms with E-state index in [0.29, 0.717) is 18.5 Å². The van der Waals surface area contributed by atoms with Crippen LogP contribution in [-0.2, 0) is 24.1 Å². The highest BCUT2D eigenvalue weighted by atomic mass is 19.1. The molecule has 0 spiro atoms. The third kappa shape index (κ3) is 5.44. The molecule has 0 aliphatic rings. The second kappa shape index (κ2) is 9.71. The molecule has 3 aromatic rings. The van der Waals surface area contributed by atoms with E-state index in [4.69, 9.17) is 5.73 Å². The SMILES string of the molecule is NC(=O)C(NCCc1ccncc1CCc1cccnc1)c1cccc(F)c1. The number of nitrogens with two attached hydrogens (primary N) is 1. The maximum absolute atomic E-state index is 13.5. The minimum Gasteiger partial charge on any atom is -0.368 e. The van der Waals surface area contributed by atoms with Crippen LogP contribution in [0.25, 0.3) is 0 Å². The molecule has 2 aromatic heterocycles. The van der Waals surface area contributed by atoms with Crippen LogP contribution in [0.3, 0.4) is 0 Å². The van der Waals surface area contributed by atoms with Gasteiger partial charge in [0.05, 0.1) is 0 Å². The fraction of sp³-hybridized carbons (Fsp3) is 0.227. The molecule has 1 aromatic carbocycles. The van der Waals surface area contributed by atoms with E-state index in [2.05, 4.69) is 21.4 Å². The smallest absolute Gasteiger partial charge is 0.239 e. The van der Waals surface area contributed by atoms with Crippen LogP contribution in [0.2, 0.25) is 0 Å². The van der Waals surface area contributed by atoms with Gasteiger partial charge in [0.1, 0.15) is 11.9 Å². The van der Waals surface area contributed by atoms with Crippen molar-refractivity contribution in [3.05, 3.63) is 95.3 Å². The predicted molar refractivity (Wildman–Crippen MR) is 106 cm³/mol. The van der Waals surface area contributed by atoms with Gasteiger partial charge < -0.3 is 11.1 Å². The molecule has 0 aliphatic carbocycles. The maximum atomic E-state index is 13.5. The van der Waals surface area contributed by atoms with Crippen LogP contribution in [0.4, 0.5) is 4.39 Å². The van der Waals surface area contributed by atoms with Crippen LogP contribution in [0.1, 0.15) is 28.3 Å². The zero-order valence-corrected chi connectivity index (χ0v) is 15.5. The average Bonchev–Trinajstić information content (AvgIpc) is 2.71. The number of aryl methyl sites for hydroxylation is 2. The fourth-order valence-electron chi connectivity index (χ4n) is 3.17. The van der Waals surface area contributed by atoms with Crippen molar-refractivity contribution in [3.8, 4) is 0 Å². The third-order valence-corrected chi connectivity index (χ3v) is 4.62. The first kappa shape index (κ1) is 19.6. The van der Waals surface area contributed by atoms with E-state index in [9.17, 15) is 9.18 Å². The summed E-state index contributed by atoms with van der Waals surface area (Å²) in [5, 5.41) is 3.14. The van der Waals surface area contributed by atoms with Gasteiger partial charge in [0.2, 0.25) is 5.91 Å². The lowest BCUT2D eigenvalue weighted by Gasteiger charge is -2.17. The summed E-state index contributed by atoms with van der Waals surface area (Å²) in [6.07, 6.45) is 9.73. The number of rotatable bonds is 9. The molecule has 1 amide bonds. The Morgan fingerprint density at radius 2 is 1.86 bits per heavy atom. The van der Waals surface area contributed by atoms with Crippen molar-refractivity contribution < 1.29 is 9.18 Å². The first-order valence-corrected chi connectivity index (χ1v) is 9.22. The molecule has 144 valence electrons. The third-order valence-electron chi connectivity index (χ3n) is 4.62. The molecule has 0 fully saturated rings. The van der Waals surface area contributed by atoms with E-state index in [-0.39, 0.29) is 0 Å². The first-order valence-electron chi connectivity index (χ1n) is 9.22. The Kier molecular flexibility index (Phi) is 6.81. The van der Waals surface area contributed by atoms with Gasteiger partial charge >= 0.3 is 0 Å². The fourth-order valence-corrected chi connectivity index (χ4v) is 3.17. The summed E-state index contributed by atoms with van der Waals surface area (Å²) in [6, 6.07) is 11.2. The van der Waals surface area contributed by atoms with Gasteiger partial charge in [0.25, 0.3) is 0 Å². The molecule has 0 saturated heterocycles. The highest BCUT2D eigenvalue weighted by molar-refractivity contribution is 5.81. The number of amides is 1. The molecule has 0 bridgehead atoms. The molecule has 3 N–H and O–H groups in total. The quantitative estimate of drug-likeness (QED) is 0.600. The molecule has 2 heterocycles. The molecular formula is C22H23FN4O. The average molecular weight is 378 g/mol. The molecule has 3 rings (SSSR count). The number of hydrogen-bond acceptors (Lipinski definition) is 4. The van der Waals surface area contributed by atoms with Crippen LogP contribution in [-0.4, -0.2) is 22.4 Å². The Morgan fingerprint density at radius 1 is 1.00 bits per heavy atom. The van der Waals surface area contributed by atoms with Gasteiger partial charge in [-0.1, -0.05) is 18.2 Å². The molecule has 5 nitrogen and oxygen atoms in total. The summed E-state index contributed by atoms with van der Waals surface area (Å²) in [5.41, 5.74) is 9.53. The minimum atomic E-state index is -0.726. The number of nitrogens with one attached hydrogen (secondary N) is 1. The van der Waals surface area contributed by atoms with Crippen molar-refractivity contribution in [3.63, 3.8) is 0 Å². The van der Waals surface area contributed by atoms with Crippen LogP contribution >= 0.6 is 0 Å². The zero-order valence-electron chi connectivity index (χ0n) is 15.5. The molecule has 28 heavy (non-hydrogen) atoms. The number of primary amides is 1. The normalized spacial score (nSPS) is 11.9. The number of nitrogens with zero attached hydrogens (tertiary/aromatic N) is 2. The number of hydrogen-bond donors (Lipinski definition) is 2. The van der Waals surface area contributed by atoms with Crippen molar-refractivity contribution in [2.45, 2.75) is 25.3 Å². The van der Waals surface area contributed by atoms with Crippen molar-refractivity contribution in [1.82, 2.24) is 15.3 Å². The van der Waals surface area contributed by atoms with E-state index < -0.39 is 17.8 Å². The molecule has 0 saturated carbocycles. The molecule has 1 unspecified atom stereocenters. The largest absolute Gasteiger partial charge is 0.368 e. The second-order valence-electron chi connectivity index (χ2n) is 6.60. The Balaban J connectivity index is 1.61. The van der Waals surface area contributed by atoms with E-state index in [1.165, 1.54) is 17.7 Å². The summed E-state index contributed by atoms with van der Waals surface area (Å²) in [5.74, 6) is -0.922. The summed E-state index contributed by atoms with van der Waals surface area (Å²) < 4.78 is 13.5. The van der Waals surface area contributed by atoms with Gasteiger partial charge in [-0.3, -0.25) is 14.8 Å². The van der Waals surface area contributed by atoms with Crippen LogP contribution in [0.5, 0.6) is 0 Å². The van der Waals surface area contributed by atoms with Gasteiger partial charge in [-0.15, -0.1) is 0 Å². The van der Waals surface area contributed by atoms with Crippen LogP contribution in [0.15, 0.2) is 67.3 Å². The molecule has 0 radical (unpaired) electrons. The van der Waals surface area contributed by atoms with Gasteiger partial charge in [-0.05, 0) is 65.8 Å². The lowest BCUT2D eigenvalue weighted by Crippen LogP contribution is -2.34. The van der Waals surface area contributed by atoms with Crippen molar-refractivity contribution in [2.24, 2.45) is 5.73 Å². The van der Waals surface area contributed by atoms with Crippen LogP contribution < -0.4 is 11.1 Å². The summed E-state index contributed by atoms with van der Waals surface area (Å²) in [6.45, 7) is 0.536. The lowest BCUT2D eigenvalue weighted by molar-refractivity contribution is -0.120. The van der Waals surface area contributed by atoms with E-state index in [1.807, 2.05) is 24.5 Å². The number of pyridine rings is 2. The Hall–Kier alpha value is -3.12. The summed E-state index contributed by atoms with van der Waals surface area (Å²) in [4.78, 5) is 20.2. The van der Waals surface area contributed by atoms with Crippen molar-refractivity contribution >= 4 is 5.91 Å². The Bertz CT molecular complexity index is 917. The van der Waals surface area contributed by atoms with Gasteiger partial charge in [-0.25, -0.2) is 4.39 Å². The summed E-state index contributed by atoms with van der Waals surface area (Å²) in [7, 11) is 0. The first-order chi connectivity index (χ1) is 13.6. The van der Waals surface area contributed by atoms with Gasteiger partial charge in [0.15, 0.2) is 0 Å². The molecule has 0 aliphatic heterocycles. The Labute approximate surface area is 163 Å². The maximum Gasteiger partial charge on any atom is 0.239 e. The number of aromatic nitrogens is 2. The monoisotopic (exact) mass is 378 g/mol. The topological polar surface area (TPSA) is 80.9 Å². The zero-order chi connectivity index (χ0) is 19.8. The minimum absolute atomic E-state index is 0.391. The summed E-state index contributed by atoms with van der Waals surface area (Å²) >= 11 is 0. The van der Waals surface area contributed by atoms with Crippen molar-refractivity contribution in [2.75, 3.05) is 6.54 Å². The highest BCUT2D eigenvalue weighted by Crippen LogP contribution is 2.15. The van der Waals surface area contributed by atoms with E-state index >= 15 is 0 Å². The van der Waals surface area contributed by atoms with E-state index in [0.717, 1.165) is 24.0 Å². The second-order valence-corrected chi connectivity index (χ2v) is 6.60. The standard InChI is InChI=1S/C22H23FN4O/c23-20-5-1-4-18(13-20)21(22(24)28)27-12-9-17-8-11-26-15-19(17)7-6-16-3-2-10-25-14-16/h1-5,8,10-11,13-15,21,27H,6-7,9,12H2,(H2,24,28). The molecule has 6 heteroatoms. The number of carbonyl (C=O) groups excluding carboxylic acids is 1. The number of halogens is 1. The Morgan fingerprint density at radius 3 is 2.61 bits per heavy atom. The molecule has 1 atom stereocenters. The molecular weight excluding hydrogens is 355 g/mol. The number of benzene rings is 1.